The number of allylic oxidation sites excluding steroid dienone is 1. The van der Waals surface area contributed by atoms with Gasteiger partial charge in [0.2, 0.25) is 5.91 Å². The van der Waals surface area contributed by atoms with E-state index >= 15 is 0 Å². The third kappa shape index (κ3) is 3.20. The van der Waals surface area contributed by atoms with Gasteiger partial charge < -0.3 is 10.6 Å². The highest BCUT2D eigenvalue weighted by Crippen LogP contribution is 2.25. The SMILES string of the molecule is C/C=C/C(=O)NC1CNCCC1c1ccccc1. The second-order valence-corrected chi connectivity index (χ2v) is 4.63. The summed E-state index contributed by atoms with van der Waals surface area (Å²) in [5.74, 6) is 0.397. The van der Waals surface area contributed by atoms with E-state index in [9.17, 15) is 4.79 Å². The van der Waals surface area contributed by atoms with Crippen molar-refractivity contribution in [3.05, 3.63) is 48.0 Å². The Morgan fingerprint density at radius 2 is 2.17 bits per heavy atom. The molecule has 1 amide bonds. The number of hydrogen-bond acceptors (Lipinski definition) is 2. The third-order valence-electron chi connectivity index (χ3n) is 3.36. The van der Waals surface area contributed by atoms with E-state index in [0.29, 0.717) is 5.92 Å². The predicted molar refractivity (Wildman–Crippen MR) is 73.4 cm³/mol. The van der Waals surface area contributed by atoms with Crippen LogP contribution in [0.5, 0.6) is 0 Å². The van der Waals surface area contributed by atoms with Crippen LogP contribution in [0.3, 0.4) is 0 Å². The first-order chi connectivity index (χ1) is 8.81. The molecule has 2 unspecified atom stereocenters. The number of benzene rings is 1. The van der Waals surface area contributed by atoms with Gasteiger partial charge in [-0.25, -0.2) is 0 Å². The maximum Gasteiger partial charge on any atom is 0.243 e. The van der Waals surface area contributed by atoms with Gasteiger partial charge in [-0.3, -0.25) is 4.79 Å². The Morgan fingerprint density at radius 1 is 1.39 bits per heavy atom. The van der Waals surface area contributed by atoms with E-state index in [0.717, 1.165) is 19.5 Å². The molecular formula is C15H20N2O. The van der Waals surface area contributed by atoms with Crippen LogP contribution in [0.4, 0.5) is 0 Å². The summed E-state index contributed by atoms with van der Waals surface area (Å²) in [5.41, 5.74) is 1.31. The van der Waals surface area contributed by atoms with Crippen LogP contribution in [0.1, 0.15) is 24.8 Å². The Labute approximate surface area is 108 Å². The van der Waals surface area contributed by atoms with Crippen molar-refractivity contribution in [1.82, 2.24) is 10.6 Å². The first-order valence-electron chi connectivity index (χ1n) is 6.50. The van der Waals surface area contributed by atoms with Crippen molar-refractivity contribution < 1.29 is 4.79 Å². The first-order valence-corrected chi connectivity index (χ1v) is 6.50. The van der Waals surface area contributed by atoms with Crippen LogP contribution in [-0.2, 0) is 4.79 Å². The van der Waals surface area contributed by atoms with Gasteiger partial charge >= 0.3 is 0 Å². The standard InChI is InChI=1S/C15H20N2O/c1-2-6-15(18)17-14-11-16-10-9-13(14)12-7-4-3-5-8-12/h2-8,13-14,16H,9-11H2,1H3,(H,17,18)/b6-2+. The zero-order valence-corrected chi connectivity index (χ0v) is 10.7. The fraction of sp³-hybridized carbons (Fsp3) is 0.400. The molecule has 0 spiro atoms. The van der Waals surface area contributed by atoms with Gasteiger partial charge in [0.05, 0.1) is 0 Å². The van der Waals surface area contributed by atoms with Crippen LogP contribution in [0.25, 0.3) is 0 Å². The van der Waals surface area contributed by atoms with Crippen LogP contribution in [-0.4, -0.2) is 25.0 Å². The molecule has 2 N–H and O–H groups in total. The maximum atomic E-state index is 11.7. The Morgan fingerprint density at radius 3 is 2.89 bits per heavy atom. The summed E-state index contributed by atoms with van der Waals surface area (Å²) >= 11 is 0. The molecule has 1 heterocycles. The van der Waals surface area contributed by atoms with E-state index in [1.54, 1.807) is 12.2 Å². The maximum absolute atomic E-state index is 11.7. The van der Waals surface area contributed by atoms with Crippen LogP contribution in [0.15, 0.2) is 42.5 Å². The van der Waals surface area contributed by atoms with Crippen molar-refractivity contribution in [2.45, 2.75) is 25.3 Å². The molecule has 96 valence electrons. The van der Waals surface area contributed by atoms with E-state index < -0.39 is 0 Å². The molecule has 1 aromatic carbocycles. The second kappa shape index (κ2) is 6.36. The van der Waals surface area contributed by atoms with Crippen molar-refractivity contribution in [3.63, 3.8) is 0 Å². The van der Waals surface area contributed by atoms with Gasteiger partial charge in [-0.1, -0.05) is 36.4 Å². The molecule has 2 atom stereocenters. The summed E-state index contributed by atoms with van der Waals surface area (Å²) in [6.07, 6.45) is 4.41. The topological polar surface area (TPSA) is 41.1 Å². The number of rotatable bonds is 3. The molecule has 1 aliphatic rings. The Kier molecular flexibility index (Phi) is 4.53. The van der Waals surface area contributed by atoms with Crippen LogP contribution in [0.2, 0.25) is 0 Å². The van der Waals surface area contributed by atoms with Gasteiger partial charge in [0.25, 0.3) is 0 Å². The number of carbonyl (C=O) groups is 1. The molecule has 1 aromatic rings. The highest BCUT2D eigenvalue weighted by atomic mass is 16.1. The van der Waals surface area contributed by atoms with Crippen molar-refractivity contribution in [2.24, 2.45) is 0 Å². The van der Waals surface area contributed by atoms with Gasteiger partial charge in [-0.2, -0.15) is 0 Å². The lowest BCUT2D eigenvalue weighted by Crippen LogP contribution is -2.49. The fourth-order valence-corrected chi connectivity index (χ4v) is 2.49. The summed E-state index contributed by atoms with van der Waals surface area (Å²) in [6, 6.07) is 10.6. The van der Waals surface area contributed by atoms with E-state index in [2.05, 4.69) is 34.9 Å². The summed E-state index contributed by atoms with van der Waals surface area (Å²) in [4.78, 5) is 11.7. The molecular weight excluding hydrogens is 224 g/mol. The molecule has 18 heavy (non-hydrogen) atoms. The van der Waals surface area contributed by atoms with Gasteiger partial charge in [0.15, 0.2) is 0 Å². The van der Waals surface area contributed by atoms with E-state index in [-0.39, 0.29) is 11.9 Å². The number of amides is 1. The zero-order chi connectivity index (χ0) is 12.8. The summed E-state index contributed by atoms with van der Waals surface area (Å²) in [5, 5.41) is 6.42. The van der Waals surface area contributed by atoms with Gasteiger partial charge in [0, 0.05) is 18.5 Å². The third-order valence-corrected chi connectivity index (χ3v) is 3.36. The molecule has 0 aromatic heterocycles. The highest BCUT2D eigenvalue weighted by Gasteiger charge is 2.26. The average molecular weight is 244 g/mol. The molecule has 0 bridgehead atoms. The summed E-state index contributed by atoms with van der Waals surface area (Å²) in [7, 11) is 0. The minimum Gasteiger partial charge on any atom is -0.348 e. The second-order valence-electron chi connectivity index (χ2n) is 4.63. The van der Waals surface area contributed by atoms with E-state index in [1.165, 1.54) is 5.56 Å². The van der Waals surface area contributed by atoms with Crippen LogP contribution in [0, 0.1) is 0 Å². The van der Waals surface area contributed by atoms with Gasteiger partial charge in [0.1, 0.15) is 0 Å². The average Bonchev–Trinajstić information content (AvgIpc) is 2.40. The summed E-state index contributed by atoms with van der Waals surface area (Å²) in [6.45, 7) is 3.70. The number of piperidine rings is 1. The Hall–Kier alpha value is -1.61. The predicted octanol–water partition coefficient (Wildman–Crippen LogP) is 1.82. The van der Waals surface area contributed by atoms with Gasteiger partial charge in [-0.15, -0.1) is 0 Å². The summed E-state index contributed by atoms with van der Waals surface area (Å²) < 4.78 is 0. The number of hydrogen-bond donors (Lipinski definition) is 2. The molecule has 2 rings (SSSR count). The van der Waals surface area contributed by atoms with Crippen molar-refractivity contribution in [1.29, 1.82) is 0 Å². The highest BCUT2D eigenvalue weighted by molar-refractivity contribution is 5.87. The minimum absolute atomic E-state index is 0.00729. The van der Waals surface area contributed by atoms with E-state index in [1.807, 2.05) is 13.0 Å². The molecule has 3 heteroatoms. The Balaban J connectivity index is 2.09. The number of carbonyl (C=O) groups excluding carboxylic acids is 1. The lowest BCUT2D eigenvalue weighted by molar-refractivity contribution is -0.117. The number of nitrogens with one attached hydrogen (secondary N) is 2. The van der Waals surface area contributed by atoms with Crippen molar-refractivity contribution in [2.75, 3.05) is 13.1 Å². The first kappa shape index (κ1) is 12.8. The van der Waals surface area contributed by atoms with Crippen molar-refractivity contribution >= 4 is 5.91 Å². The molecule has 1 saturated heterocycles. The molecule has 0 aliphatic carbocycles. The minimum atomic E-state index is -0.00729. The van der Waals surface area contributed by atoms with Crippen molar-refractivity contribution in [3.8, 4) is 0 Å². The Bertz CT molecular complexity index is 414. The molecule has 3 nitrogen and oxygen atoms in total. The largest absolute Gasteiger partial charge is 0.348 e. The lowest BCUT2D eigenvalue weighted by Gasteiger charge is -2.33. The fourth-order valence-electron chi connectivity index (χ4n) is 2.49. The quantitative estimate of drug-likeness (QED) is 0.796. The van der Waals surface area contributed by atoms with Gasteiger partial charge in [-0.05, 0) is 31.5 Å². The monoisotopic (exact) mass is 244 g/mol. The molecule has 0 saturated carbocycles. The van der Waals surface area contributed by atoms with Crippen LogP contribution < -0.4 is 10.6 Å². The lowest BCUT2D eigenvalue weighted by atomic mass is 9.86. The normalized spacial score (nSPS) is 24.1. The zero-order valence-electron chi connectivity index (χ0n) is 10.7. The molecule has 1 aliphatic heterocycles. The molecule has 1 fully saturated rings. The smallest absolute Gasteiger partial charge is 0.243 e. The van der Waals surface area contributed by atoms with E-state index in [4.69, 9.17) is 0 Å². The van der Waals surface area contributed by atoms with Crippen LogP contribution >= 0.6 is 0 Å². The molecule has 0 radical (unpaired) electrons.